The number of methoxy groups -OCH3 is 2. The summed E-state index contributed by atoms with van der Waals surface area (Å²) < 4.78 is 21.1. The molecule has 3 aliphatic rings. The molecule has 2 aromatic carbocycles. The maximum Gasteiger partial charge on any atom is 0.337 e. The Bertz CT molecular complexity index is 1060. The van der Waals surface area contributed by atoms with Crippen LogP contribution in [0.1, 0.15) is 45.0 Å². The Morgan fingerprint density at radius 2 is 1.22 bits per heavy atom. The number of rotatable bonds is 5. The minimum atomic E-state index is -0.319. The summed E-state index contributed by atoms with van der Waals surface area (Å²) in [5.41, 5.74) is 4.62. The predicted molar refractivity (Wildman–Crippen MR) is 141 cm³/mol. The molecule has 9 heteroatoms. The molecule has 2 aliphatic heterocycles. The van der Waals surface area contributed by atoms with Gasteiger partial charge in [0.1, 0.15) is 0 Å². The van der Waals surface area contributed by atoms with Gasteiger partial charge in [-0.05, 0) is 60.7 Å². The van der Waals surface area contributed by atoms with Crippen LogP contribution in [0.25, 0.3) is 0 Å². The van der Waals surface area contributed by atoms with Crippen molar-refractivity contribution < 1.29 is 28.5 Å². The first-order valence-electron chi connectivity index (χ1n) is 12.3. The highest BCUT2D eigenvalue weighted by molar-refractivity contribution is 9.10. The van der Waals surface area contributed by atoms with Gasteiger partial charge in [-0.1, -0.05) is 15.9 Å². The first-order valence-corrected chi connectivity index (χ1v) is 13.1. The molecule has 0 aromatic heterocycles. The number of ether oxygens (including phenoxy) is 4. The highest BCUT2D eigenvalue weighted by atomic mass is 79.9. The van der Waals surface area contributed by atoms with Crippen LogP contribution in [-0.4, -0.2) is 78.8 Å². The van der Waals surface area contributed by atoms with Crippen LogP contribution in [0.15, 0.2) is 40.9 Å². The van der Waals surface area contributed by atoms with Crippen LogP contribution in [0.4, 0.5) is 11.4 Å². The van der Waals surface area contributed by atoms with Crippen LogP contribution < -0.4 is 9.80 Å². The fourth-order valence-corrected chi connectivity index (χ4v) is 4.82. The minimum Gasteiger partial charge on any atom is -0.465 e. The second kappa shape index (κ2) is 12.6. The molecule has 1 saturated carbocycles. The lowest BCUT2D eigenvalue weighted by Gasteiger charge is -2.29. The zero-order valence-electron chi connectivity index (χ0n) is 20.8. The fraction of sp³-hybridized carbons (Fsp3) is 0.481. The molecule has 2 saturated heterocycles. The number of carbonyl (C=O) groups excluding carboxylic acids is 2. The standard InChI is InChI=1S/C15H19NO3.C12H14BrNO3/c1-18-15(17)13-8-12(11-2-3-11)9-14(10-13)16-4-6-19-7-5-16;1-16-12(15)9-6-10(13)8-11(7-9)14-2-4-17-5-3-14/h8-11H,2-7H2,1H3;6-8H,2-5H2,1H3. The molecule has 1 aliphatic carbocycles. The molecule has 3 fully saturated rings. The van der Waals surface area contributed by atoms with E-state index in [1.807, 2.05) is 24.3 Å². The van der Waals surface area contributed by atoms with Gasteiger partial charge in [-0.2, -0.15) is 0 Å². The van der Waals surface area contributed by atoms with Gasteiger partial charge in [0, 0.05) is 42.0 Å². The molecule has 0 N–H and O–H groups in total. The average Bonchev–Trinajstić information content (AvgIpc) is 3.79. The van der Waals surface area contributed by atoms with E-state index in [-0.39, 0.29) is 11.9 Å². The van der Waals surface area contributed by atoms with Crippen molar-refractivity contribution in [1.82, 2.24) is 0 Å². The van der Waals surface area contributed by atoms with Crippen molar-refractivity contribution in [1.29, 1.82) is 0 Å². The second-order valence-corrected chi connectivity index (χ2v) is 9.88. The molecule has 8 nitrogen and oxygen atoms in total. The van der Waals surface area contributed by atoms with Gasteiger partial charge in [0.15, 0.2) is 0 Å². The summed E-state index contributed by atoms with van der Waals surface area (Å²) in [6.45, 7) is 6.40. The summed E-state index contributed by atoms with van der Waals surface area (Å²) in [7, 11) is 2.82. The van der Waals surface area contributed by atoms with Crippen LogP contribution >= 0.6 is 15.9 Å². The number of anilines is 2. The van der Waals surface area contributed by atoms with E-state index >= 15 is 0 Å². The average molecular weight is 561 g/mol. The molecule has 0 radical (unpaired) electrons. The first-order chi connectivity index (χ1) is 17.5. The number of hydrogen-bond donors (Lipinski definition) is 0. The lowest BCUT2D eigenvalue weighted by Crippen LogP contribution is -2.36. The maximum atomic E-state index is 11.8. The number of nitrogens with zero attached hydrogens (tertiary/aromatic N) is 2. The van der Waals surface area contributed by atoms with Crippen molar-refractivity contribution in [3.8, 4) is 0 Å². The maximum absolute atomic E-state index is 11.8. The Hall–Kier alpha value is -2.62. The fourth-order valence-electron chi connectivity index (χ4n) is 4.34. The molecular weight excluding hydrogens is 528 g/mol. The number of esters is 2. The third-order valence-electron chi connectivity index (χ3n) is 6.47. The largest absolute Gasteiger partial charge is 0.465 e. The highest BCUT2D eigenvalue weighted by Gasteiger charge is 2.26. The van der Waals surface area contributed by atoms with Crippen LogP contribution in [0, 0.1) is 0 Å². The van der Waals surface area contributed by atoms with Gasteiger partial charge < -0.3 is 28.7 Å². The predicted octanol–water partition coefficient (Wildman–Crippen LogP) is 4.26. The van der Waals surface area contributed by atoms with E-state index < -0.39 is 0 Å². The lowest BCUT2D eigenvalue weighted by molar-refractivity contribution is 0.0591. The van der Waals surface area contributed by atoms with Gasteiger partial charge in [-0.15, -0.1) is 0 Å². The summed E-state index contributed by atoms with van der Waals surface area (Å²) in [6.07, 6.45) is 2.46. The van der Waals surface area contributed by atoms with Crippen molar-refractivity contribution in [2.24, 2.45) is 0 Å². The normalized spacial score (nSPS) is 17.6. The monoisotopic (exact) mass is 560 g/mol. The zero-order chi connectivity index (χ0) is 25.5. The van der Waals surface area contributed by atoms with E-state index in [9.17, 15) is 9.59 Å². The zero-order valence-corrected chi connectivity index (χ0v) is 22.4. The van der Waals surface area contributed by atoms with Crippen LogP contribution in [0.3, 0.4) is 0 Å². The molecule has 5 rings (SSSR count). The second-order valence-electron chi connectivity index (χ2n) is 8.97. The van der Waals surface area contributed by atoms with Crippen molar-refractivity contribution in [3.63, 3.8) is 0 Å². The third-order valence-corrected chi connectivity index (χ3v) is 6.92. The Kier molecular flexibility index (Phi) is 9.23. The minimum absolute atomic E-state index is 0.253. The summed E-state index contributed by atoms with van der Waals surface area (Å²) in [5.74, 6) is 0.0576. The molecule has 36 heavy (non-hydrogen) atoms. The highest BCUT2D eigenvalue weighted by Crippen LogP contribution is 2.41. The molecule has 0 spiro atoms. The van der Waals surface area contributed by atoms with E-state index in [4.69, 9.17) is 18.9 Å². The van der Waals surface area contributed by atoms with Crippen molar-refractivity contribution >= 4 is 39.2 Å². The Morgan fingerprint density at radius 3 is 1.69 bits per heavy atom. The Labute approximate surface area is 220 Å². The van der Waals surface area contributed by atoms with E-state index in [0.29, 0.717) is 17.0 Å². The smallest absolute Gasteiger partial charge is 0.337 e. The van der Waals surface area contributed by atoms with E-state index in [1.54, 1.807) is 6.07 Å². The summed E-state index contributed by atoms with van der Waals surface area (Å²) >= 11 is 3.41. The molecular formula is C27H33BrN2O6. The van der Waals surface area contributed by atoms with E-state index in [2.05, 4.69) is 31.8 Å². The molecule has 0 bridgehead atoms. The molecule has 0 amide bonds. The number of hydrogen-bond acceptors (Lipinski definition) is 8. The quantitative estimate of drug-likeness (QED) is 0.502. The Morgan fingerprint density at radius 1 is 0.750 bits per heavy atom. The van der Waals surface area contributed by atoms with Crippen LogP contribution in [0.2, 0.25) is 0 Å². The van der Waals surface area contributed by atoms with Gasteiger partial charge in [-0.25, -0.2) is 9.59 Å². The van der Waals surface area contributed by atoms with E-state index in [1.165, 1.54) is 32.6 Å². The molecule has 0 atom stereocenters. The number of carbonyl (C=O) groups is 2. The van der Waals surface area contributed by atoms with Crippen LogP contribution in [0.5, 0.6) is 0 Å². The van der Waals surface area contributed by atoms with Gasteiger partial charge in [0.25, 0.3) is 0 Å². The summed E-state index contributed by atoms with van der Waals surface area (Å²) in [6, 6.07) is 11.7. The molecule has 194 valence electrons. The van der Waals surface area contributed by atoms with Gasteiger partial charge in [0.2, 0.25) is 0 Å². The SMILES string of the molecule is COC(=O)c1cc(Br)cc(N2CCOCC2)c1.COC(=O)c1cc(C2CC2)cc(N2CCOCC2)c1. The third kappa shape index (κ3) is 6.99. The van der Waals surface area contributed by atoms with Crippen molar-refractivity contribution in [2.45, 2.75) is 18.8 Å². The molecule has 0 unspecified atom stereocenters. The van der Waals surface area contributed by atoms with Crippen LogP contribution in [-0.2, 0) is 18.9 Å². The topological polar surface area (TPSA) is 77.5 Å². The number of benzene rings is 2. The molecule has 2 heterocycles. The molecule has 2 aromatic rings. The van der Waals surface area contributed by atoms with E-state index in [0.717, 1.165) is 68.5 Å². The summed E-state index contributed by atoms with van der Waals surface area (Å²) in [5, 5.41) is 0. The summed E-state index contributed by atoms with van der Waals surface area (Å²) in [4.78, 5) is 27.8. The van der Waals surface area contributed by atoms with Gasteiger partial charge in [0.05, 0.1) is 51.8 Å². The van der Waals surface area contributed by atoms with Crippen molar-refractivity contribution in [2.75, 3.05) is 76.6 Å². The Balaban J connectivity index is 0.000000170. The van der Waals surface area contributed by atoms with Gasteiger partial charge >= 0.3 is 11.9 Å². The first kappa shape index (κ1) is 26.4. The van der Waals surface area contributed by atoms with Crippen molar-refractivity contribution in [3.05, 3.63) is 57.6 Å². The lowest BCUT2D eigenvalue weighted by atomic mass is 10.0. The number of morpholine rings is 2. The number of halogens is 1. The van der Waals surface area contributed by atoms with Gasteiger partial charge in [-0.3, -0.25) is 0 Å².